The third-order valence-corrected chi connectivity index (χ3v) is 6.02. The van der Waals surface area contributed by atoms with Crippen LogP contribution in [0.2, 0.25) is 0 Å². The quantitative estimate of drug-likeness (QED) is 0.775. The summed E-state index contributed by atoms with van der Waals surface area (Å²) < 4.78 is 33.3. The molecule has 0 amide bonds. The van der Waals surface area contributed by atoms with Gasteiger partial charge in [0.25, 0.3) is 10.1 Å². The molecule has 0 atom stereocenters. The van der Waals surface area contributed by atoms with E-state index in [9.17, 15) is 13.0 Å². The van der Waals surface area contributed by atoms with Crippen LogP contribution in [0, 0.1) is 0 Å². The van der Waals surface area contributed by atoms with Gasteiger partial charge in [-0.15, -0.1) is 0 Å². The first-order valence-corrected chi connectivity index (χ1v) is 9.08. The fraction of sp³-hybridized carbons (Fsp3) is 0.647. The molecule has 1 rings (SSSR count). The summed E-state index contributed by atoms with van der Waals surface area (Å²) in [5, 5.41) is 0. The molecule has 1 aromatic rings. The molecule has 0 aromatic heterocycles. The van der Waals surface area contributed by atoms with E-state index in [4.69, 9.17) is 0 Å². The van der Waals surface area contributed by atoms with Gasteiger partial charge in [0.05, 0.1) is 4.90 Å². The first-order valence-electron chi connectivity index (χ1n) is 7.64. The molecular weight excluding hydrogens is 284 g/mol. The molecule has 0 saturated carbocycles. The van der Waals surface area contributed by atoms with Crippen LogP contribution >= 0.6 is 0 Å². The van der Waals surface area contributed by atoms with Gasteiger partial charge in [-0.05, 0) is 47.3 Å². The summed E-state index contributed by atoms with van der Waals surface area (Å²) in [4.78, 5) is 0.0555. The average molecular weight is 312 g/mol. The number of hydrogen-bond acceptors (Lipinski definition) is 2. The molecule has 0 spiro atoms. The van der Waals surface area contributed by atoms with Crippen molar-refractivity contribution in [2.24, 2.45) is 0 Å². The van der Waals surface area contributed by atoms with Gasteiger partial charge in [0.2, 0.25) is 0 Å². The summed E-state index contributed by atoms with van der Waals surface area (Å²) in [6.07, 6.45) is 2.64. The van der Waals surface area contributed by atoms with Crippen molar-refractivity contribution < 1.29 is 13.0 Å². The van der Waals surface area contributed by atoms with Crippen molar-refractivity contribution in [2.75, 3.05) is 0 Å². The van der Waals surface area contributed by atoms with E-state index in [1.165, 1.54) is 0 Å². The minimum atomic E-state index is -4.23. The summed E-state index contributed by atoms with van der Waals surface area (Å²) in [6.45, 7) is 12.3. The molecule has 0 bridgehead atoms. The van der Waals surface area contributed by atoms with E-state index in [1.807, 2.05) is 32.9 Å². The Hall–Kier alpha value is -0.870. The fourth-order valence-electron chi connectivity index (χ4n) is 2.52. The molecule has 0 aliphatic carbocycles. The first-order chi connectivity index (χ1) is 9.51. The van der Waals surface area contributed by atoms with Crippen molar-refractivity contribution in [2.45, 2.75) is 76.5 Å². The molecule has 0 fully saturated rings. The normalized spacial score (nSPS) is 13.5. The fourth-order valence-corrected chi connectivity index (χ4v) is 3.42. The Bertz CT molecular complexity index is 596. The molecule has 0 unspecified atom stereocenters. The van der Waals surface area contributed by atoms with Gasteiger partial charge < -0.3 is 0 Å². The number of benzene rings is 1. The van der Waals surface area contributed by atoms with E-state index in [2.05, 4.69) is 20.8 Å². The predicted molar refractivity (Wildman–Crippen MR) is 87.5 cm³/mol. The maximum atomic E-state index is 11.8. The highest BCUT2D eigenvalue weighted by atomic mass is 32.2. The first kappa shape index (κ1) is 18.2. The Kier molecular flexibility index (Phi) is 5.27. The van der Waals surface area contributed by atoms with Crippen molar-refractivity contribution >= 4 is 10.1 Å². The topological polar surface area (TPSA) is 54.4 Å². The zero-order valence-corrected chi connectivity index (χ0v) is 14.8. The Morgan fingerprint density at radius 3 is 1.90 bits per heavy atom. The van der Waals surface area contributed by atoms with Gasteiger partial charge in [-0.1, -0.05) is 53.7 Å². The summed E-state index contributed by atoms with van der Waals surface area (Å²) in [6, 6.07) is 5.54. The van der Waals surface area contributed by atoms with Crippen LogP contribution in [0.1, 0.15) is 71.9 Å². The van der Waals surface area contributed by atoms with Crippen LogP contribution in [-0.4, -0.2) is 13.0 Å². The molecular formula is C17H28O3S. The van der Waals surface area contributed by atoms with Crippen molar-refractivity contribution in [3.05, 3.63) is 29.3 Å². The zero-order chi connectivity index (χ0) is 16.5. The van der Waals surface area contributed by atoms with Crippen LogP contribution in [0.5, 0.6) is 0 Å². The maximum absolute atomic E-state index is 11.8. The predicted octanol–water partition coefficient (Wildman–Crippen LogP) is 4.70. The smallest absolute Gasteiger partial charge is 0.282 e. The molecule has 1 N–H and O–H groups in total. The second kappa shape index (κ2) is 6.09. The largest absolute Gasteiger partial charge is 0.294 e. The highest BCUT2D eigenvalue weighted by Crippen LogP contribution is 2.37. The summed E-state index contributed by atoms with van der Waals surface area (Å²) in [5.74, 6) is 0. The maximum Gasteiger partial charge on any atom is 0.294 e. The van der Waals surface area contributed by atoms with Gasteiger partial charge in [-0.3, -0.25) is 4.55 Å². The van der Waals surface area contributed by atoms with Crippen LogP contribution in [0.4, 0.5) is 0 Å². The molecule has 4 heteroatoms. The molecule has 21 heavy (non-hydrogen) atoms. The van der Waals surface area contributed by atoms with E-state index < -0.39 is 10.1 Å². The average Bonchev–Trinajstić information content (AvgIpc) is 2.44. The second-order valence-corrected chi connectivity index (χ2v) is 8.08. The Morgan fingerprint density at radius 1 is 1.00 bits per heavy atom. The number of hydrogen-bond donors (Lipinski definition) is 1. The molecule has 120 valence electrons. The van der Waals surface area contributed by atoms with Gasteiger partial charge in [0.1, 0.15) is 0 Å². The van der Waals surface area contributed by atoms with Crippen molar-refractivity contribution in [1.82, 2.24) is 0 Å². The van der Waals surface area contributed by atoms with E-state index in [0.717, 1.165) is 24.8 Å². The molecule has 0 aliphatic heterocycles. The third-order valence-electron chi connectivity index (χ3n) is 5.13. The van der Waals surface area contributed by atoms with Crippen LogP contribution in [0.3, 0.4) is 0 Å². The van der Waals surface area contributed by atoms with Crippen molar-refractivity contribution in [1.29, 1.82) is 0 Å². The Balaban J connectivity index is 3.62. The standard InChI is InChI=1S/C17H28O3S/c1-7-16(4,5)14-11-10-13(17(6,8-2)9-3)12-15(14)21(18,19)20/h10-12H,7-9H2,1-6H3,(H,18,19,20). The van der Waals surface area contributed by atoms with Gasteiger partial charge in [0.15, 0.2) is 0 Å². The monoisotopic (exact) mass is 312 g/mol. The molecule has 3 nitrogen and oxygen atoms in total. The zero-order valence-electron chi connectivity index (χ0n) is 14.0. The van der Waals surface area contributed by atoms with Gasteiger partial charge >= 0.3 is 0 Å². The molecule has 1 aromatic carbocycles. The van der Waals surface area contributed by atoms with Crippen molar-refractivity contribution in [3.63, 3.8) is 0 Å². The second-order valence-electron chi connectivity index (χ2n) is 6.69. The van der Waals surface area contributed by atoms with Crippen LogP contribution in [0.25, 0.3) is 0 Å². The lowest BCUT2D eigenvalue weighted by atomic mass is 9.75. The Labute approximate surface area is 129 Å². The van der Waals surface area contributed by atoms with E-state index in [1.54, 1.807) is 6.07 Å². The van der Waals surface area contributed by atoms with Crippen LogP contribution in [0.15, 0.2) is 23.1 Å². The van der Waals surface area contributed by atoms with Crippen molar-refractivity contribution in [3.8, 4) is 0 Å². The van der Waals surface area contributed by atoms with Crippen LogP contribution in [-0.2, 0) is 20.9 Å². The molecule has 0 heterocycles. The lowest BCUT2D eigenvalue weighted by Gasteiger charge is -2.31. The summed E-state index contributed by atoms with van der Waals surface area (Å²) >= 11 is 0. The Morgan fingerprint density at radius 2 is 1.52 bits per heavy atom. The highest BCUT2D eigenvalue weighted by Gasteiger charge is 2.30. The summed E-state index contributed by atoms with van der Waals surface area (Å²) in [7, 11) is -4.23. The van der Waals surface area contributed by atoms with Gasteiger partial charge in [-0.2, -0.15) is 8.42 Å². The summed E-state index contributed by atoms with van der Waals surface area (Å²) in [5.41, 5.74) is 1.29. The minimum absolute atomic E-state index is 0.0555. The molecule has 0 radical (unpaired) electrons. The van der Waals surface area contributed by atoms with E-state index in [-0.39, 0.29) is 15.7 Å². The minimum Gasteiger partial charge on any atom is -0.282 e. The third kappa shape index (κ3) is 3.67. The lowest BCUT2D eigenvalue weighted by molar-refractivity contribution is 0.433. The van der Waals surface area contributed by atoms with E-state index >= 15 is 0 Å². The lowest BCUT2D eigenvalue weighted by Crippen LogP contribution is -2.23. The molecule has 0 aliphatic rings. The molecule has 0 saturated heterocycles. The van der Waals surface area contributed by atoms with Gasteiger partial charge in [-0.25, -0.2) is 0 Å². The van der Waals surface area contributed by atoms with Gasteiger partial charge in [0, 0.05) is 0 Å². The highest BCUT2D eigenvalue weighted by molar-refractivity contribution is 7.85. The van der Waals surface area contributed by atoms with E-state index in [0.29, 0.717) is 5.56 Å². The SMILES string of the molecule is CCC(C)(C)c1ccc(C(C)(CC)CC)cc1S(=O)(=O)O. The number of rotatable bonds is 6. The van der Waals surface area contributed by atoms with Crippen LogP contribution < -0.4 is 0 Å².